The highest BCUT2D eigenvalue weighted by Crippen LogP contribution is 2.26. The molecule has 98 valence electrons. The van der Waals surface area contributed by atoms with Crippen LogP contribution in [0.5, 0.6) is 5.75 Å². The molecule has 0 aliphatic heterocycles. The molecule has 0 spiro atoms. The van der Waals surface area contributed by atoms with E-state index in [0.29, 0.717) is 23.8 Å². The summed E-state index contributed by atoms with van der Waals surface area (Å²) in [5, 5.41) is 0. The average molecular weight is 254 g/mol. The Morgan fingerprint density at radius 2 is 1.79 bits per heavy atom. The molecular weight excluding hydrogens is 236 g/mol. The van der Waals surface area contributed by atoms with Crippen molar-refractivity contribution in [3.05, 3.63) is 54.1 Å². The summed E-state index contributed by atoms with van der Waals surface area (Å²) in [7, 11) is 0. The van der Waals surface area contributed by atoms with Gasteiger partial charge in [-0.1, -0.05) is 50.2 Å². The van der Waals surface area contributed by atoms with E-state index in [4.69, 9.17) is 4.74 Å². The van der Waals surface area contributed by atoms with Crippen LogP contribution in [0.4, 0.5) is 0 Å². The van der Waals surface area contributed by atoms with Crippen LogP contribution in [0.3, 0.4) is 0 Å². The SMILES string of the molecule is CC(C)COc1ccc(-c2ccccc2)cc1C=O. The van der Waals surface area contributed by atoms with Crippen LogP contribution in [0.1, 0.15) is 24.2 Å². The van der Waals surface area contributed by atoms with Gasteiger partial charge in [-0.15, -0.1) is 0 Å². The maximum Gasteiger partial charge on any atom is 0.153 e. The number of hydrogen-bond donors (Lipinski definition) is 0. The lowest BCUT2D eigenvalue weighted by Crippen LogP contribution is -2.06. The summed E-state index contributed by atoms with van der Waals surface area (Å²) in [5.74, 6) is 1.09. The van der Waals surface area contributed by atoms with Crippen LogP contribution in [-0.2, 0) is 0 Å². The van der Waals surface area contributed by atoms with Gasteiger partial charge >= 0.3 is 0 Å². The van der Waals surface area contributed by atoms with Crippen LogP contribution < -0.4 is 4.74 Å². The van der Waals surface area contributed by atoms with E-state index in [-0.39, 0.29) is 0 Å². The predicted octanol–water partition coefficient (Wildman–Crippen LogP) is 4.20. The average Bonchev–Trinajstić information content (AvgIpc) is 2.45. The molecule has 0 radical (unpaired) electrons. The quantitative estimate of drug-likeness (QED) is 0.747. The summed E-state index contributed by atoms with van der Waals surface area (Å²) in [4.78, 5) is 11.2. The summed E-state index contributed by atoms with van der Waals surface area (Å²) < 4.78 is 5.65. The molecule has 0 saturated heterocycles. The molecule has 2 aromatic carbocycles. The first-order chi connectivity index (χ1) is 9.20. The molecule has 0 heterocycles. The van der Waals surface area contributed by atoms with E-state index < -0.39 is 0 Å². The van der Waals surface area contributed by atoms with Crippen molar-refractivity contribution in [1.29, 1.82) is 0 Å². The van der Waals surface area contributed by atoms with Crippen LogP contribution in [0.15, 0.2) is 48.5 Å². The van der Waals surface area contributed by atoms with E-state index in [1.165, 1.54) is 0 Å². The lowest BCUT2D eigenvalue weighted by atomic mass is 10.0. The van der Waals surface area contributed by atoms with E-state index in [1.54, 1.807) is 0 Å². The lowest BCUT2D eigenvalue weighted by Gasteiger charge is -2.11. The van der Waals surface area contributed by atoms with Crippen LogP contribution in [-0.4, -0.2) is 12.9 Å². The number of carbonyl (C=O) groups excluding carboxylic acids is 1. The van der Waals surface area contributed by atoms with Gasteiger partial charge in [-0.3, -0.25) is 4.79 Å². The zero-order valence-electron chi connectivity index (χ0n) is 11.3. The summed E-state index contributed by atoms with van der Waals surface area (Å²) in [5.41, 5.74) is 2.72. The Morgan fingerprint density at radius 3 is 2.42 bits per heavy atom. The Labute approximate surface area is 114 Å². The molecular formula is C17H18O2. The Bertz CT molecular complexity index is 544. The maximum atomic E-state index is 11.2. The standard InChI is InChI=1S/C17H18O2/c1-13(2)12-19-17-9-8-15(10-16(17)11-18)14-6-4-3-5-7-14/h3-11,13H,12H2,1-2H3. The largest absolute Gasteiger partial charge is 0.493 e. The molecule has 2 rings (SSSR count). The topological polar surface area (TPSA) is 26.3 Å². The maximum absolute atomic E-state index is 11.2. The van der Waals surface area contributed by atoms with Crippen LogP contribution in [0.25, 0.3) is 11.1 Å². The summed E-state index contributed by atoms with van der Waals surface area (Å²) >= 11 is 0. The molecule has 0 atom stereocenters. The number of carbonyl (C=O) groups is 1. The van der Waals surface area contributed by atoms with Gasteiger partial charge in [0.15, 0.2) is 6.29 Å². The second kappa shape index (κ2) is 6.19. The van der Waals surface area contributed by atoms with Gasteiger partial charge in [0, 0.05) is 0 Å². The second-order valence-electron chi connectivity index (χ2n) is 4.94. The highest BCUT2D eigenvalue weighted by molar-refractivity contribution is 5.83. The number of rotatable bonds is 5. The van der Waals surface area contributed by atoms with Gasteiger partial charge in [0.05, 0.1) is 12.2 Å². The van der Waals surface area contributed by atoms with Gasteiger partial charge in [0.2, 0.25) is 0 Å². The fourth-order valence-corrected chi connectivity index (χ4v) is 1.84. The van der Waals surface area contributed by atoms with Crippen molar-refractivity contribution in [3.8, 4) is 16.9 Å². The van der Waals surface area contributed by atoms with Crippen molar-refractivity contribution in [3.63, 3.8) is 0 Å². The van der Waals surface area contributed by atoms with Gasteiger partial charge < -0.3 is 4.74 Å². The Balaban J connectivity index is 2.28. The number of ether oxygens (including phenoxy) is 1. The normalized spacial score (nSPS) is 10.5. The molecule has 0 N–H and O–H groups in total. The lowest BCUT2D eigenvalue weighted by molar-refractivity contribution is 0.111. The summed E-state index contributed by atoms with van der Waals surface area (Å²) in [6.45, 7) is 4.78. The van der Waals surface area contributed by atoms with E-state index >= 15 is 0 Å². The Morgan fingerprint density at radius 1 is 1.05 bits per heavy atom. The molecule has 2 aromatic rings. The minimum Gasteiger partial charge on any atom is -0.493 e. The summed E-state index contributed by atoms with van der Waals surface area (Å²) in [6.07, 6.45) is 0.849. The molecule has 0 saturated carbocycles. The fraction of sp³-hybridized carbons (Fsp3) is 0.235. The third kappa shape index (κ3) is 3.44. The van der Waals surface area contributed by atoms with Gasteiger partial charge in [-0.05, 0) is 29.2 Å². The van der Waals surface area contributed by atoms with Gasteiger partial charge in [0.25, 0.3) is 0 Å². The van der Waals surface area contributed by atoms with E-state index in [0.717, 1.165) is 17.4 Å². The highest BCUT2D eigenvalue weighted by atomic mass is 16.5. The molecule has 0 bridgehead atoms. The van der Waals surface area contributed by atoms with E-state index in [2.05, 4.69) is 13.8 Å². The fourth-order valence-electron chi connectivity index (χ4n) is 1.84. The van der Waals surface area contributed by atoms with E-state index in [1.807, 2.05) is 48.5 Å². The zero-order valence-corrected chi connectivity index (χ0v) is 11.3. The molecule has 19 heavy (non-hydrogen) atoms. The van der Waals surface area contributed by atoms with Gasteiger partial charge in [0.1, 0.15) is 5.75 Å². The van der Waals surface area contributed by atoms with Crippen molar-refractivity contribution >= 4 is 6.29 Å². The molecule has 0 aliphatic rings. The molecule has 0 fully saturated rings. The zero-order chi connectivity index (χ0) is 13.7. The van der Waals surface area contributed by atoms with Gasteiger partial charge in [-0.25, -0.2) is 0 Å². The first kappa shape index (κ1) is 13.3. The molecule has 2 heteroatoms. The third-order valence-electron chi connectivity index (χ3n) is 2.82. The van der Waals surface area contributed by atoms with Crippen molar-refractivity contribution in [1.82, 2.24) is 0 Å². The van der Waals surface area contributed by atoms with Crippen LogP contribution in [0.2, 0.25) is 0 Å². The highest BCUT2D eigenvalue weighted by Gasteiger charge is 2.06. The van der Waals surface area contributed by atoms with Gasteiger partial charge in [-0.2, -0.15) is 0 Å². The first-order valence-electron chi connectivity index (χ1n) is 6.48. The Hall–Kier alpha value is -2.09. The van der Waals surface area contributed by atoms with Crippen molar-refractivity contribution in [2.75, 3.05) is 6.61 Å². The first-order valence-corrected chi connectivity index (χ1v) is 6.48. The summed E-state index contributed by atoms with van der Waals surface area (Å²) in [6, 6.07) is 15.7. The minimum atomic E-state index is 0.438. The smallest absolute Gasteiger partial charge is 0.153 e. The number of hydrogen-bond acceptors (Lipinski definition) is 2. The molecule has 2 nitrogen and oxygen atoms in total. The molecule has 0 aromatic heterocycles. The number of benzene rings is 2. The molecule has 0 amide bonds. The van der Waals surface area contributed by atoms with Crippen LogP contribution >= 0.6 is 0 Å². The second-order valence-corrected chi connectivity index (χ2v) is 4.94. The monoisotopic (exact) mass is 254 g/mol. The number of aldehydes is 1. The van der Waals surface area contributed by atoms with Crippen molar-refractivity contribution in [2.45, 2.75) is 13.8 Å². The van der Waals surface area contributed by atoms with E-state index in [9.17, 15) is 4.79 Å². The van der Waals surface area contributed by atoms with Crippen LogP contribution in [0, 0.1) is 5.92 Å². The predicted molar refractivity (Wildman–Crippen MR) is 77.6 cm³/mol. The molecule has 0 unspecified atom stereocenters. The van der Waals surface area contributed by atoms with Crippen molar-refractivity contribution < 1.29 is 9.53 Å². The van der Waals surface area contributed by atoms with Crippen molar-refractivity contribution in [2.24, 2.45) is 5.92 Å². The minimum absolute atomic E-state index is 0.438. The molecule has 0 aliphatic carbocycles. The third-order valence-corrected chi connectivity index (χ3v) is 2.82. The Kier molecular flexibility index (Phi) is 4.35.